The van der Waals surface area contributed by atoms with Crippen LogP contribution in [-0.4, -0.2) is 9.97 Å². The van der Waals surface area contributed by atoms with Crippen molar-refractivity contribution in [2.24, 2.45) is 5.73 Å². The number of hydrogen-bond acceptors (Lipinski definition) is 3. The third-order valence-corrected chi connectivity index (χ3v) is 3.52. The predicted octanol–water partition coefficient (Wildman–Crippen LogP) is 3.08. The first kappa shape index (κ1) is 12.4. The minimum atomic E-state index is -0.734. The summed E-state index contributed by atoms with van der Waals surface area (Å²) in [4.78, 5) is 7.98. The predicted molar refractivity (Wildman–Crippen MR) is 67.2 cm³/mol. The Morgan fingerprint density at radius 3 is 2.59 bits per heavy atom. The highest BCUT2D eigenvalue weighted by atomic mass is 79.9. The molecule has 0 radical (unpaired) electrons. The maximum Gasteiger partial charge on any atom is 0.149 e. The lowest BCUT2D eigenvalue weighted by molar-refractivity contribution is 0.593. The van der Waals surface area contributed by atoms with Gasteiger partial charge in [-0.15, -0.1) is 0 Å². The van der Waals surface area contributed by atoms with Gasteiger partial charge in [0.25, 0.3) is 0 Å². The zero-order valence-corrected chi connectivity index (χ0v) is 10.9. The lowest BCUT2D eigenvalue weighted by Crippen LogP contribution is -2.16. The van der Waals surface area contributed by atoms with Crippen LogP contribution in [-0.2, 0) is 0 Å². The number of aromatic nitrogens is 2. The molecule has 1 atom stereocenters. The molecule has 17 heavy (non-hydrogen) atoms. The van der Waals surface area contributed by atoms with E-state index in [0.29, 0.717) is 10.3 Å². The minimum absolute atomic E-state index is 0.00822. The average molecular weight is 317 g/mol. The van der Waals surface area contributed by atoms with Crippen LogP contribution >= 0.6 is 27.5 Å². The first-order valence-electron chi connectivity index (χ1n) is 4.77. The molecular formula is C11H8BrClFN3. The number of nitrogens with two attached hydrogens (primary N) is 1. The van der Waals surface area contributed by atoms with Crippen molar-refractivity contribution < 1.29 is 4.39 Å². The molecular weight excluding hydrogens is 308 g/mol. The fourth-order valence-electron chi connectivity index (χ4n) is 1.39. The molecule has 0 aliphatic carbocycles. The smallest absolute Gasteiger partial charge is 0.149 e. The largest absolute Gasteiger partial charge is 0.318 e. The third-order valence-electron chi connectivity index (χ3n) is 2.26. The summed E-state index contributed by atoms with van der Waals surface area (Å²) in [5.41, 5.74) is 6.17. The van der Waals surface area contributed by atoms with Crippen molar-refractivity contribution >= 4 is 27.5 Å². The van der Waals surface area contributed by atoms with Crippen molar-refractivity contribution in [1.82, 2.24) is 9.97 Å². The van der Waals surface area contributed by atoms with Gasteiger partial charge in [0, 0.05) is 22.4 Å². The molecule has 1 heterocycles. The summed E-state index contributed by atoms with van der Waals surface area (Å²) in [6.45, 7) is 0. The zero-order chi connectivity index (χ0) is 12.4. The van der Waals surface area contributed by atoms with E-state index in [9.17, 15) is 4.39 Å². The first-order valence-corrected chi connectivity index (χ1v) is 5.94. The Hall–Kier alpha value is -1.04. The van der Waals surface area contributed by atoms with Crippen molar-refractivity contribution in [3.63, 3.8) is 0 Å². The van der Waals surface area contributed by atoms with E-state index in [1.165, 1.54) is 0 Å². The standard InChI is InChI=1S/C11H8BrClFN3/c12-7-3-2-6(9(14)8(7)13)10(15)11-16-4-1-5-17-11/h1-5,10H,15H2. The molecule has 1 unspecified atom stereocenters. The second-order valence-corrected chi connectivity index (χ2v) is 4.58. The Bertz CT molecular complexity index is 536. The molecule has 0 amide bonds. The number of nitrogens with zero attached hydrogens (tertiary/aromatic N) is 2. The van der Waals surface area contributed by atoms with Crippen LogP contribution in [0.3, 0.4) is 0 Å². The summed E-state index contributed by atoms with van der Waals surface area (Å²) in [5, 5.41) is 0.00822. The van der Waals surface area contributed by atoms with Gasteiger partial charge >= 0.3 is 0 Å². The summed E-state index contributed by atoms with van der Waals surface area (Å²) >= 11 is 8.94. The molecule has 2 rings (SSSR count). The summed E-state index contributed by atoms with van der Waals surface area (Å²) in [5.74, 6) is -0.203. The van der Waals surface area contributed by atoms with E-state index < -0.39 is 11.9 Å². The van der Waals surface area contributed by atoms with Crippen molar-refractivity contribution in [1.29, 1.82) is 0 Å². The van der Waals surface area contributed by atoms with E-state index in [0.717, 1.165) is 0 Å². The van der Waals surface area contributed by atoms with Crippen molar-refractivity contribution in [3.05, 3.63) is 57.3 Å². The van der Waals surface area contributed by atoms with E-state index in [1.807, 2.05) is 0 Å². The number of rotatable bonds is 2. The van der Waals surface area contributed by atoms with Gasteiger partial charge in [0.1, 0.15) is 11.6 Å². The molecule has 0 saturated carbocycles. The molecule has 2 N–H and O–H groups in total. The van der Waals surface area contributed by atoms with Crippen LogP contribution in [0.15, 0.2) is 35.1 Å². The van der Waals surface area contributed by atoms with Crippen LogP contribution in [0, 0.1) is 5.82 Å². The molecule has 0 saturated heterocycles. The van der Waals surface area contributed by atoms with E-state index in [1.54, 1.807) is 30.6 Å². The molecule has 6 heteroatoms. The van der Waals surface area contributed by atoms with Gasteiger partial charge in [0.2, 0.25) is 0 Å². The van der Waals surface area contributed by atoms with Gasteiger partial charge in [0.15, 0.2) is 0 Å². The number of benzene rings is 1. The monoisotopic (exact) mass is 315 g/mol. The van der Waals surface area contributed by atoms with Gasteiger partial charge in [-0.3, -0.25) is 0 Å². The van der Waals surface area contributed by atoms with Crippen LogP contribution in [0.5, 0.6) is 0 Å². The summed E-state index contributed by atoms with van der Waals surface area (Å²) in [7, 11) is 0. The highest BCUT2D eigenvalue weighted by molar-refractivity contribution is 9.10. The molecule has 3 nitrogen and oxygen atoms in total. The third kappa shape index (κ3) is 2.46. The molecule has 1 aromatic heterocycles. The van der Waals surface area contributed by atoms with Gasteiger partial charge in [-0.1, -0.05) is 17.7 Å². The Labute approximate surface area is 111 Å². The zero-order valence-electron chi connectivity index (χ0n) is 8.57. The Morgan fingerprint density at radius 2 is 1.94 bits per heavy atom. The SMILES string of the molecule is NC(c1ncccn1)c1ccc(Br)c(Cl)c1F. The molecule has 0 spiro atoms. The van der Waals surface area contributed by atoms with Crippen LogP contribution in [0.25, 0.3) is 0 Å². The van der Waals surface area contributed by atoms with Gasteiger partial charge in [-0.05, 0) is 28.1 Å². The maximum absolute atomic E-state index is 13.9. The summed E-state index contributed by atoms with van der Waals surface area (Å²) < 4.78 is 14.4. The van der Waals surface area contributed by atoms with Crippen LogP contribution in [0.1, 0.15) is 17.4 Å². The second-order valence-electron chi connectivity index (χ2n) is 3.35. The Morgan fingerprint density at radius 1 is 1.29 bits per heavy atom. The number of hydrogen-bond donors (Lipinski definition) is 1. The highest BCUT2D eigenvalue weighted by Gasteiger charge is 2.19. The lowest BCUT2D eigenvalue weighted by Gasteiger charge is -2.12. The second kappa shape index (κ2) is 5.08. The van der Waals surface area contributed by atoms with Crippen molar-refractivity contribution in [2.45, 2.75) is 6.04 Å². The van der Waals surface area contributed by atoms with Crippen LogP contribution < -0.4 is 5.73 Å². The fraction of sp³-hybridized carbons (Fsp3) is 0.0909. The average Bonchev–Trinajstić information content (AvgIpc) is 2.36. The van der Waals surface area contributed by atoms with Gasteiger partial charge in [0.05, 0.1) is 11.1 Å². The normalized spacial score (nSPS) is 12.5. The minimum Gasteiger partial charge on any atom is -0.318 e. The topological polar surface area (TPSA) is 51.8 Å². The van der Waals surface area contributed by atoms with E-state index in [4.69, 9.17) is 17.3 Å². The van der Waals surface area contributed by atoms with Gasteiger partial charge in [-0.2, -0.15) is 0 Å². The quantitative estimate of drug-likeness (QED) is 0.866. The molecule has 0 aliphatic rings. The van der Waals surface area contributed by atoms with Gasteiger partial charge < -0.3 is 5.73 Å². The van der Waals surface area contributed by atoms with E-state index in [-0.39, 0.29) is 10.6 Å². The van der Waals surface area contributed by atoms with E-state index >= 15 is 0 Å². The lowest BCUT2D eigenvalue weighted by atomic mass is 10.1. The van der Waals surface area contributed by atoms with E-state index in [2.05, 4.69) is 25.9 Å². The molecule has 2 aromatic rings. The van der Waals surface area contributed by atoms with Gasteiger partial charge in [-0.25, -0.2) is 14.4 Å². The Balaban J connectivity index is 2.45. The molecule has 88 valence electrons. The molecule has 0 bridgehead atoms. The maximum atomic E-state index is 13.9. The molecule has 1 aromatic carbocycles. The van der Waals surface area contributed by atoms with Crippen molar-refractivity contribution in [3.8, 4) is 0 Å². The van der Waals surface area contributed by atoms with Crippen LogP contribution in [0.4, 0.5) is 4.39 Å². The molecule has 0 fully saturated rings. The first-order chi connectivity index (χ1) is 8.11. The summed E-state index contributed by atoms with van der Waals surface area (Å²) in [6.07, 6.45) is 3.11. The number of halogens is 3. The van der Waals surface area contributed by atoms with Crippen LogP contribution in [0.2, 0.25) is 5.02 Å². The Kier molecular flexibility index (Phi) is 3.71. The van der Waals surface area contributed by atoms with Crippen molar-refractivity contribution in [2.75, 3.05) is 0 Å². The summed E-state index contributed by atoms with van der Waals surface area (Å²) in [6, 6.07) is 4.14. The molecule has 0 aliphatic heterocycles. The fourth-order valence-corrected chi connectivity index (χ4v) is 1.87. The highest BCUT2D eigenvalue weighted by Crippen LogP contribution is 2.30.